The topological polar surface area (TPSA) is 85.3 Å². The largest absolute Gasteiger partial charge is 0.496 e. The first kappa shape index (κ1) is 24.5. The van der Waals surface area contributed by atoms with E-state index in [2.05, 4.69) is 4.52 Å². The molecule has 1 amide bonds. The summed E-state index contributed by atoms with van der Waals surface area (Å²) in [4.78, 5) is 23.3. The summed E-state index contributed by atoms with van der Waals surface area (Å²) in [5.41, 5.74) is -5.45. The Kier molecular flexibility index (Phi) is 6.61. The third kappa shape index (κ3) is 4.35. The molecule has 2 aromatic rings. The number of hydrogen-bond donors (Lipinski definition) is 1. The first-order valence-corrected chi connectivity index (χ1v) is 10.9. The molecule has 0 saturated heterocycles. The van der Waals surface area contributed by atoms with Crippen molar-refractivity contribution in [2.75, 3.05) is 25.3 Å². The number of alkyl halides is 4. The van der Waals surface area contributed by atoms with E-state index >= 15 is 4.39 Å². The van der Waals surface area contributed by atoms with Gasteiger partial charge >= 0.3 is 14.0 Å². The minimum Gasteiger partial charge on any atom is -0.496 e. The van der Waals surface area contributed by atoms with Crippen LogP contribution in [-0.4, -0.2) is 31.2 Å². The van der Waals surface area contributed by atoms with Gasteiger partial charge in [-0.15, -0.1) is 0 Å². The number of phosphoric acid groups is 1. The summed E-state index contributed by atoms with van der Waals surface area (Å²) in [6.07, 6.45) is -4.79. The minimum atomic E-state index is -4.79. The van der Waals surface area contributed by atoms with Crippen LogP contribution in [0.2, 0.25) is 5.02 Å². The number of ether oxygens (including phenoxy) is 1. The summed E-state index contributed by atoms with van der Waals surface area (Å²) in [5.74, 6) is -1.44. The quantitative estimate of drug-likeness (QED) is 0.426. The molecule has 2 aromatic carbocycles. The molecule has 1 aliphatic heterocycles. The molecule has 1 unspecified atom stereocenters. The maximum atomic E-state index is 16.5. The van der Waals surface area contributed by atoms with Crippen molar-refractivity contribution in [3.63, 3.8) is 0 Å². The molecule has 0 radical (unpaired) electrons. The molecule has 7 nitrogen and oxygen atoms in total. The monoisotopic (exact) mass is 497 g/mol. The fourth-order valence-corrected chi connectivity index (χ4v) is 4.14. The van der Waals surface area contributed by atoms with Crippen molar-refractivity contribution in [2.24, 2.45) is 0 Å². The van der Waals surface area contributed by atoms with Gasteiger partial charge in [0.2, 0.25) is 5.67 Å². The van der Waals surface area contributed by atoms with Gasteiger partial charge in [-0.2, -0.15) is 13.2 Å². The lowest BCUT2D eigenvalue weighted by molar-refractivity contribution is -0.137. The van der Waals surface area contributed by atoms with E-state index in [0.29, 0.717) is 17.0 Å². The highest BCUT2D eigenvalue weighted by molar-refractivity contribution is 7.47. The molecule has 0 aliphatic carbocycles. The normalized spacial score (nSPS) is 20.2. The van der Waals surface area contributed by atoms with E-state index in [1.165, 1.54) is 26.2 Å². The lowest BCUT2D eigenvalue weighted by Gasteiger charge is -2.23. The third-order valence-electron chi connectivity index (χ3n) is 4.70. The number of methoxy groups -OCH3 is 1. The highest BCUT2D eigenvalue weighted by Gasteiger charge is 2.55. The van der Waals surface area contributed by atoms with Gasteiger partial charge in [0, 0.05) is 16.1 Å². The van der Waals surface area contributed by atoms with Crippen molar-refractivity contribution < 1.29 is 45.6 Å². The minimum absolute atomic E-state index is 0.0463. The van der Waals surface area contributed by atoms with Gasteiger partial charge in [-0.1, -0.05) is 17.7 Å². The number of rotatable bonds is 7. The van der Waals surface area contributed by atoms with Crippen molar-refractivity contribution >= 4 is 31.0 Å². The average molecular weight is 498 g/mol. The summed E-state index contributed by atoms with van der Waals surface area (Å²) >= 11 is 5.96. The summed E-state index contributed by atoms with van der Waals surface area (Å²) in [6, 6.07) is 5.78. The zero-order chi connectivity index (χ0) is 23.9. The van der Waals surface area contributed by atoms with E-state index in [4.69, 9.17) is 20.9 Å². The highest BCUT2D eigenvalue weighted by Crippen LogP contribution is 2.52. The van der Waals surface area contributed by atoms with Gasteiger partial charge in [-0.25, -0.2) is 8.96 Å². The lowest BCUT2D eigenvalue weighted by atomic mass is 9.88. The molecule has 0 bridgehead atoms. The molecule has 13 heteroatoms. The van der Waals surface area contributed by atoms with Crippen LogP contribution in [0.1, 0.15) is 23.6 Å². The van der Waals surface area contributed by atoms with Crippen molar-refractivity contribution in [1.29, 1.82) is 0 Å². The van der Waals surface area contributed by atoms with E-state index < -0.39 is 49.1 Å². The van der Waals surface area contributed by atoms with Crippen LogP contribution < -0.4 is 9.64 Å². The van der Waals surface area contributed by atoms with Crippen LogP contribution in [-0.2, 0) is 30.3 Å². The van der Waals surface area contributed by atoms with Crippen LogP contribution >= 0.6 is 19.4 Å². The van der Waals surface area contributed by atoms with Crippen LogP contribution in [0, 0.1) is 0 Å². The summed E-state index contributed by atoms with van der Waals surface area (Å²) in [6.45, 7) is 0.134. The number of benzene rings is 2. The molecule has 0 spiro atoms. The predicted octanol–water partition coefficient (Wildman–Crippen LogP) is 5.04. The average Bonchev–Trinajstić information content (AvgIpc) is 2.93. The Labute approximate surface area is 185 Å². The number of carbonyl (C=O) groups excluding carboxylic acids is 1. The second-order valence-electron chi connectivity index (χ2n) is 6.61. The number of carbonyl (C=O) groups is 1. The number of fused-ring (bicyclic) bond motifs is 1. The molecule has 1 aliphatic rings. The molecule has 0 saturated carbocycles. The Balaban J connectivity index is 2.18. The van der Waals surface area contributed by atoms with E-state index in [-0.39, 0.29) is 22.9 Å². The fourth-order valence-electron chi connectivity index (χ4n) is 3.30. The molecule has 32 heavy (non-hydrogen) atoms. The Hall–Kier alpha value is -2.17. The lowest BCUT2D eigenvalue weighted by Crippen LogP contribution is -2.39. The smallest absolute Gasteiger partial charge is 0.473 e. The van der Waals surface area contributed by atoms with Gasteiger partial charge in [0.05, 0.1) is 25.0 Å². The van der Waals surface area contributed by atoms with Gasteiger partial charge in [-0.05, 0) is 37.3 Å². The van der Waals surface area contributed by atoms with Gasteiger partial charge in [-0.3, -0.25) is 18.7 Å². The van der Waals surface area contributed by atoms with Gasteiger partial charge < -0.3 is 9.63 Å². The summed E-state index contributed by atoms with van der Waals surface area (Å²) in [5, 5.41) is 0.0463. The summed E-state index contributed by atoms with van der Waals surface area (Å²) in [7, 11) is -3.43. The van der Waals surface area contributed by atoms with E-state index in [9.17, 15) is 27.4 Å². The maximum absolute atomic E-state index is 16.5. The van der Waals surface area contributed by atoms with E-state index in [1.807, 2.05) is 0 Å². The second-order valence-corrected chi connectivity index (χ2v) is 8.50. The van der Waals surface area contributed by atoms with Gasteiger partial charge in [0.1, 0.15) is 12.5 Å². The number of amides is 1. The molecule has 2 atom stereocenters. The molecular formula is C19H17ClF4NO6P. The second kappa shape index (κ2) is 8.64. The van der Waals surface area contributed by atoms with Gasteiger partial charge in [0.15, 0.2) is 0 Å². The van der Waals surface area contributed by atoms with Crippen molar-refractivity contribution in [1.82, 2.24) is 0 Å². The maximum Gasteiger partial charge on any atom is 0.473 e. The molecule has 174 valence electrons. The molecule has 3 rings (SSSR count). The Morgan fingerprint density at radius 3 is 2.44 bits per heavy atom. The molecule has 1 heterocycles. The highest BCUT2D eigenvalue weighted by atomic mass is 35.5. The van der Waals surface area contributed by atoms with Crippen molar-refractivity contribution in [3.05, 3.63) is 58.1 Å². The Morgan fingerprint density at radius 1 is 1.16 bits per heavy atom. The van der Waals surface area contributed by atoms with Crippen molar-refractivity contribution in [3.8, 4) is 5.75 Å². The third-order valence-corrected chi connectivity index (χ3v) is 5.96. The summed E-state index contributed by atoms with van der Waals surface area (Å²) < 4.78 is 82.5. The Morgan fingerprint density at radius 2 is 1.84 bits per heavy atom. The number of anilines is 1. The van der Waals surface area contributed by atoms with Crippen LogP contribution in [0.3, 0.4) is 0 Å². The molecule has 0 fully saturated rings. The molecule has 0 aromatic heterocycles. The van der Waals surface area contributed by atoms with Crippen LogP contribution in [0.15, 0.2) is 36.4 Å². The zero-order valence-corrected chi connectivity index (χ0v) is 18.3. The van der Waals surface area contributed by atoms with Crippen LogP contribution in [0.25, 0.3) is 0 Å². The number of phosphoric ester groups is 1. The standard InChI is InChI=1S/C19H17ClF4NO6P/c1-3-30-32(27,28)31-10-25-15-8-11(19(22,23)24)4-6-13(15)18(21,17(25)26)14-9-12(20)5-7-16(14)29-2/h4-9H,3,10H2,1-2H3,(H,27,28)/t18-/m0/s1. The van der Waals surface area contributed by atoms with Crippen LogP contribution in [0.5, 0.6) is 5.75 Å². The number of nitrogens with zero attached hydrogens (tertiary/aromatic N) is 1. The first-order chi connectivity index (χ1) is 14.8. The first-order valence-electron chi connectivity index (χ1n) is 9.03. The fraction of sp³-hybridized carbons (Fsp3) is 0.316. The zero-order valence-electron chi connectivity index (χ0n) is 16.7. The van der Waals surface area contributed by atoms with Crippen LogP contribution in [0.4, 0.5) is 23.2 Å². The molecular weight excluding hydrogens is 481 g/mol. The van der Waals surface area contributed by atoms with E-state index in [0.717, 1.165) is 12.1 Å². The number of hydrogen-bond acceptors (Lipinski definition) is 5. The number of halogens is 5. The molecule has 1 N–H and O–H groups in total. The SMILES string of the molecule is CCOP(=O)(O)OCN1C(=O)[C@@](F)(c2cc(Cl)ccc2OC)c2ccc(C(F)(F)F)cc21. The van der Waals surface area contributed by atoms with Gasteiger partial charge in [0.25, 0.3) is 5.91 Å². The predicted molar refractivity (Wildman–Crippen MR) is 106 cm³/mol. The van der Waals surface area contributed by atoms with Crippen molar-refractivity contribution in [2.45, 2.75) is 18.8 Å². The Bertz CT molecular complexity index is 1100. The van der Waals surface area contributed by atoms with E-state index in [1.54, 1.807) is 0 Å².